The lowest BCUT2D eigenvalue weighted by atomic mass is 9.91. The van der Waals surface area contributed by atoms with Crippen molar-refractivity contribution < 1.29 is 19.1 Å². The van der Waals surface area contributed by atoms with Crippen LogP contribution in [-0.2, 0) is 22.4 Å². The number of benzene rings is 2. The fourth-order valence-corrected chi connectivity index (χ4v) is 3.25. The summed E-state index contributed by atoms with van der Waals surface area (Å²) >= 11 is 0. The van der Waals surface area contributed by atoms with Gasteiger partial charge >= 0.3 is 5.97 Å². The summed E-state index contributed by atoms with van der Waals surface area (Å²) in [4.78, 5) is 24.2. The molecule has 2 aromatic carbocycles. The molecule has 0 heterocycles. The van der Waals surface area contributed by atoms with E-state index in [2.05, 4.69) is 11.4 Å². The first kappa shape index (κ1) is 19.0. The maximum absolute atomic E-state index is 12.5. The number of rotatable bonds is 6. The first-order chi connectivity index (χ1) is 13.1. The van der Waals surface area contributed by atoms with Gasteiger partial charge in [0.25, 0.3) is 5.91 Å². The van der Waals surface area contributed by atoms with Crippen molar-refractivity contribution >= 4 is 17.6 Å². The highest BCUT2D eigenvalue weighted by atomic mass is 16.5. The molecular formula is C22H25NO4. The third-order valence-electron chi connectivity index (χ3n) is 4.69. The first-order valence-corrected chi connectivity index (χ1v) is 9.44. The topological polar surface area (TPSA) is 64.6 Å². The molecule has 27 heavy (non-hydrogen) atoms. The molecular weight excluding hydrogens is 342 g/mol. The lowest BCUT2D eigenvalue weighted by Gasteiger charge is -2.22. The van der Waals surface area contributed by atoms with Crippen molar-refractivity contribution in [1.82, 2.24) is 0 Å². The predicted octanol–water partition coefficient (Wildman–Crippen LogP) is 4.15. The van der Waals surface area contributed by atoms with E-state index >= 15 is 0 Å². The quantitative estimate of drug-likeness (QED) is 0.779. The molecule has 0 radical (unpaired) electrons. The van der Waals surface area contributed by atoms with Gasteiger partial charge in [0.1, 0.15) is 5.75 Å². The third-order valence-corrected chi connectivity index (χ3v) is 4.69. The van der Waals surface area contributed by atoms with Gasteiger partial charge in [0.2, 0.25) is 0 Å². The maximum atomic E-state index is 12.5. The molecule has 5 heteroatoms. The zero-order valence-electron chi connectivity index (χ0n) is 15.8. The largest absolute Gasteiger partial charge is 0.481 e. The Hall–Kier alpha value is -2.82. The lowest BCUT2D eigenvalue weighted by molar-refractivity contribution is -0.122. The fourth-order valence-electron chi connectivity index (χ4n) is 3.25. The standard InChI is InChI=1S/C22H25NO4/c1-3-26-22(25)17-11-13-18(14-12-17)23-21(24)15(2)27-20-10-6-8-16-7-4-5-9-19(16)20/h6,8,10-15H,3-5,7,9H2,1-2H3,(H,23,24). The Kier molecular flexibility index (Phi) is 6.12. The van der Waals surface area contributed by atoms with Gasteiger partial charge in [0, 0.05) is 5.69 Å². The van der Waals surface area contributed by atoms with E-state index in [1.807, 2.05) is 12.1 Å². The number of carbonyl (C=O) groups excluding carboxylic acids is 2. The molecule has 1 aliphatic carbocycles. The molecule has 1 unspecified atom stereocenters. The van der Waals surface area contributed by atoms with Gasteiger partial charge in [-0.15, -0.1) is 0 Å². The molecule has 0 aromatic heterocycles. The van der Waals surface area contributed by atoms with Crippen LogP contribution in [0, 0.1) is 0 Å². The molecule has 1 aliphatic rings. The summed E-state index contributed by atoms with van der Waals surface area (Å²) in [6.45, 7) is 3.83. The number of anilines is 1. The Labute approximate surface area is 159 Å². The monoisotopic (exact) mass is 367 g/mol. The number of hydrogen-bond acceptors (Lipinski definition) is 4. The third kappa shape index (κ3) is 4.67. The van der Waals surface area contributed by atoms with Gasteiger partial charge in [-0.05, 0) is 81.0 Å². The summed E-state index contributed by atoms with van der Waals surface area (Å²) in [7, 11) is 0. The molecule has 3 rings (SSSR count). The molecule has 0 saturated carbocycles. The lowest BCUT2D eigenvalue weighted by Crippen LogP contribution is -2.30. The predicted molar refractivity (Wildman–Crippen MR) is 104 cm³/mol. The number of amides is 1. The summed E-state index contributed by atoms with van der Waals surface area (Å²) in [5.41, 5.74) is 3.61. The SMILES string of the molecule is CCOC(=O)c1ccc(NC(=O)C(C)Oc2cccc3c2CCCC3)cc1. The highest BCUT2D eigenvalue weighted by Gasteiger charge is 2.19. The summed E-state index contributed by atoms with van der Waals surface area (Å²) in [5.74, 6) is 0.195. The van der Waals surface area contributed by atoms with E-state index in [0.29, 0.717) is 17.9 Å². The summed E-state index contributed by atoms with van der Waals surface area (Å²) in [6, 6.07) is 12.7. The van der Waals surface area contributed by atoms with E-state index in [-0.39, 0.29) is 11.9 Å². The molecule has 1 atom stereocenters. The van der Waals surface area contributed by atoms with Crippen molar-refractivity contribution in [2.45, 2.75) is 45.6 Å². The van der Waals surface area contributed by atoms with Crippen molar-refractivity contribution in [2.75, 3.05) is 11.9 Å². The Morgan fingerprint density at radius 2 is 1.81 bits per heavy atom. The number of hydrogen-bond donors (Lipinski definition) is 1. The van der Waals surface area contributed by atoms with Crippen LogP contribution in [0.3, 0.4) is 0 Å². The van der Waals surface area contributed by atoms with Crippen molar-refractivity contribution in [3.63, 3.8) is 0 Å². The second-order valence-electron chi connectivity index (χ2n) is 6.65. The molecule has 0 spiro atoms. The smallest absolute Gasteiger partial charge is 0.338 e. The van der Waals surface area contributed by atoms with Gasteiger partial charge in [-0.3, -0.25) is 4.79 Å². The Morgan fingerprint density at radius 1 is 1.07 bits per heavy atom. The van der Waals surface area contributed by atoms with Crippen LogP contribution in [0.2, 0.25) is 0 Å². The molecule has 0 fully saturated rings. The van der Waals surface area contributed by atoms with Gasteiger partial charge < -0.3 is 14.8 Å². The van der Waals surface area contributed by atoms with Crippen LogP contribution in [0.25, 0.3) is 0 Å². The molecule has 1 N–H and O–H groups in total. The van der Waals surface area contributed by atoms with Crippen LogP contribution in [0.1, 0.15) is 48.2 Å². The van der Waals surface area contributed by atoms with E-state index in [1.54, 1.807) is 38.1 Å². The highest BCUT2D eigenvalue weighted by Crippen LogP contribution is 2.30. The molecule has 0 saturated heterocycles. The molecule has 0 bridgehead atoms. The summed E-state index contributed by atoms with van der Waals surface area (Å²) in [6.07, 6.45) is 3.80. The van der Waals surface area contributed by atoms with E-state index in [1.165, 1.54) is 17.5 Å². The molecule has 1 amide bonds. The van der Waals surface area contributed by atoms with Gasteiger partial charge in [-0.1, -0.05) is 12.1 Å². The minimum absolute atomic E-state index is 0.229. The molecule has 2 aromatic rings. The van der Waals surface area contributed by atoms with E-state index < -0.39 is 6.10 Å². The number of nitrogens with one attached hydrogen (secondary N) is 1. The van der Waals surface area contributed by atoms with Crippen LogP contribution < -0.4 is 10.1 Å². The highest BCUT2D eigenvalue weighted by molar-refractivity contribution is 5.95. The Morgan fingerprint density at radius 3 is 2.56 bits per heavy atom. The number of carbonyl (C=O) groups is 2. The van der Waals surface area contributed by atoms with Gasteiger partial charge in [-0.25, -0.2) is 4.79 Å². The van der Waals surface area contributed by atoms with Crippen LogP contribution in [0.5, 0.6) is 5.75 Å². The second-order valence-corrected chi connectivity index (χ2v) is 6.65. The zero-order valence-corrected chi connectivity index (χ0v) is 15.8. The van der Waals surface area contributed by atoms with Gasteiger partial charge in [-0.2, -0.15) is 0 Å². The van der Waals surface area contributed by atoms with Crippen LogP contribution >= 0.6 is 0 Å². The normalized spacial score (nSPS) is 14.0. The maximum Gasteiger partial charge on any atom is 0.338 e. The number of fused-ring (bicyclic) bond motifs is 1. The average Bonchev–Trinajstić information content (AvgIpc) is 2.69. The molecule has 142 valence electrons. The minimum atomic E-state index is -0.622. The fraction of sp³-hybridized carbons (Fsp3) is 0.364. The Balaban J connectivity index is 1.62. The van der Waals surface area contributed by atoms with Crippen LogP contribution in [-0.4, -0.2) is 24.6 Å². The van der Waals surface area contributed by atoms with Crippen molar-refractivity contribution in [1.29, 1.82) is 0 Å². The Bertz CT molecular complexity index is 814. The molecule has 0 aliphatic heterocycles. The van der Waals surface area contributed by atoms with Crippen molar-refractivity contribution in [3.8, 4) is 5.75 Å². The van der Waals surface area contributed by atoms with E-state index in [0.717, 1.165) is 25.0 Å². The van der Waals surface area contributed by atoms with E-state index in [4.69, 9.17) is 9.47 Å². The van der Waals surface area contributed by atoms with Crippen molar-refractivity contribution in [3.05, 3.63) is 59.2 Å². The summed E-state index contributed by atoms with van der Waals surface area (Å²) < 4.78 is 10.9. The number of esters is 1. The van der Waals surface area contributed by atoms with Gasteiger partial charge in [0.15, 0.2) is 6.10 Å². The first-order valence-electron chi connectivity index (χ1n) is 9.44. The number of ether oxygens (including phenoxy) is 2. The second kappa shape index (κ2) is 8.71. The van der Waals surface area contributed by atoms with Crippen molar-refractivity contribution in [2.24, 2.45) is 0 Å². The van der Waals surface area contributed by atoms with Crippen LogP contribution in [0.15, 0.2) is 42.5 Å². The van der Waals surface area contributed by atoms with Gasteiger partial charge in [0.05, 0.1) is 12.2 Å². The van der Waals surface area contributed by atoms with E-state index in [9.17, 15) is 9.59 Å². The average molecular weight is 367 g/mol. The zero-order chi connectivity index (χ0) is 19.2. The summed E-state index contributed by atoms with van der Waals surface area (Å²) in [5, 5.41) is 2.82. The molecule has 5 nitrogen and oxygen atoms in total. The number of aryl methyl sites for hydroxylation is 1. The van der Waals surface area contributed by atoms with Crippen LogP contribution in [0.4, 0.5) is 5.69 Å². The minimum Gasteiger partial charge on any atom is -0.481 e.